The summed E-state index contributed by atoms with van der Waals surface area (Å²) in [4.78, 5) is 30.4. The first-order chi connectivity index (χ1) is 22.7. The second kappa shape index (κ2) is 16.1. The number of hydrogen-bond donors (Lipinski definition) is 1. The minimum absolute atomic E-state index is 0.0339. The molecular formula is C37H40BrN3O5S. The number of carbonyl (C=O) groups is 2. The van der Waals surface area contributed by atoms with E-state index in [0.717, 1.165) is 52.0 Å². The van der Waals surface area contributed by atoms with Gasteiger partial charge in [-0.05, 0) is 72.5 Å². The molecule has 1 N–H and O–H groups in total. The van der Waals surface area contributed by atoms with Crippen LogP contribution >= 0.6 is 15.9 Å². The molecule has 2 amide bonds. The van der Waals surface area contributed by atoms with E-state index in [9.17, 15) is 18.0 Å². The highest BCUT2D eigenvalue weighted by Crippen LogP contribution is 2.27. The molecule has 0 bridgehead atoms. The van der Waals surface area contributed by atoms with Gasteiger partial charge in [-0.25, -0.2) is 8.42 Å². The molecule has 246 valence electrons. The number of nitrogens with one attached hydrogen (secondary N) is 1. The van der Waals surface area contributed by atoms with Crippen LogP contribution in [0, 0.1) is 0 Å². The molecule has 0 saturated heterocycles. The van der Waals surface area contributed by atoms with E-state index in [4.69, 9.17) is 4.74 Å². The van der Waals surface area contributed by atoms with Crippen LogP contribution in [-0.4, -0.2) is 50.9 Å². The van der Waals surface area contributed by atoms with Crippen LogP contribution < -0.4 is 14.4 Å². The Kier molecular flexibility index (Phi) is 11.7. The first-order valence-corrected chi connectivity index (χ1v) is 18.1. The molecule has 8 nitrogen and oxygen atoms in total. The Hall–Kier alpha value is -4.15. The quantitative estimate of drug-likeness (QED) is 0.165. The molecule has 10 heteroatoms. The molecule has 0 spiro atoms. The van der Waals surface area contributed by atoms with Crippen LogP contribution in [0.1, 0.15) is 43.2 Å². The summed E-state index contributed by atoms with van der Waals surface area (Å²) in [6.07, 6.45) is 5.29. The number of sulfonamides is 1. The lowest BCUT2D eigenvalue weighted by molar-refractivity contribution is -0.140. The first kappa shape index (κ1) is 34.2. The Balaban J connectivity index is 1.56. The van der Waals surface area contributed by atoms with Crippen LogP contribution in [-0.2, 0) is 32.6 Å². The molecule has 0 radical (unpaired) electrons. The third-order valence-electron chi connectivity index (χ3n) is 8.44. The van der Waals surface area contributed by atoms with Crippen LogP contribution in [0.3, 0.4) is 0 Å². The summed E-state index contributed by atoms with van der Waals surface area (Å²) in [6, 6.07) is 30.9. The van der Waals surface area contributed by atoms with Crippen LogP contribution in [0.5, 0.6) is 5.75 Å². The number of halogens is 1. The van der Waals surface area contributed by atoms with E-state index in [0.29, 0.717) is 11.4 Å². The molecule has 1 fully saturated rings. The van der Waals surface area contributed by atoms with Crippen LogP contribution in [0.15, 0.2) is 119 Å². The van der Waals surface area contributed by atoms with Crippen molar-refractivity contribution in [1.29, 1.82) is 0 Å². The smallest absolute Gasteiger partial charge is 0.264 e. The largest absolute Gasteiger partial charge is 0.497 e. The summed E-state index contributed by atoms with van der Waals surface area (Å²) in [5, 5.41) is 3.24. The lowest BCUT2D eigenvalue weighted by atomic mass is 9.94. The fourth-order valence-electron chi connectivity index (χ4n) is 5.93. The Labute approximate surface area is 285 Å². The zero-order valence-corrected chi connectivity index (χ0v) is 28.8. The van der Waals surface area contributed by atoms with E-state index in [2.05, 4.69) is 21.2 Å². The number of rotatable bonds is 13. The van der Waals surface area contributed by atoms with Crippen LogP contribution in [0.4, 0.5) is 5.69 Å². The van der Waals surface area contributed by atoms with Crippen molar-refractivity contribution in [3.05, 3.63) is 125 Å². The summed E-state index contributed by atoms with van der Waals surface area (Å²) >= 11 is 3.53. The van der Waals surface area contributed by atoms with E-state index in [1.54, 1.807) is 42.5 Å². The molecule has 4 aromatic carbocycles. The molecule has 0 aliphatic heterocycles. The Bertz CT molecular complexity index is 1730. The minimum atomic E-state index is -4.17. The normalized spacial score (nSPS) is 14.2. The summed E-state index contributed by atoms with van der Waals surface area (Å²) in [5.74, 6) is -0.193. The summed E-state index contributed by atoms with van der Waals surface area (Å²) in [6.45, 7) is -0.407. The van der Waals surface area contributed by atoms with Crippen molar-refractivity contribution >= 4 is 43.5 Å². The zero-order valence-electron chi connectivity index (χ0n) is 26.4. The van der Waals surface area contributed by atoms with Crippen molar-refractivity contribution in [3.63, 3.8) is 0 Å². The molecule has 1 aliphatic carbocycles. The van der Waals surface area contributed by atoms with E-state index < -0.39 is 28.5 Å². The Morgan fingerprint density at radius 2 is 1.49 bits per heavy atom. The van der Waals surface area contributed by atoms with Gasteiger partial charge in [0.05, 0.1) is 17.7 Å². The average Bonchev–Trinajstić information content (AvgIpc) is 3.10. The van der Waals surface area contributed by atoms with Gasteiger partial charge in [-0.1, -0.05) is 95.9 Å². The molecule has 47 heavy (non-hydrogen) atoms. The van der Waals surface area contributed by atoms with Gasteiger partial charge in [-0.3, -0.25) is 13.9 Å². The van der Waals surface area contributed by atoms with Gasteiger partial charge in [-0.15, -0.1) is 0 Å². The van der Waals surface area contributed by atoms with Gasteiger partial charge in [0.25, 0.3) is 10.0 Å². The van der Waals surface area contributed by atoms with Gasteiger partial charge in [-0.2, -0.15) is 0 Å². The van der Waals surface area contributed by atoms with Crippen LogP contribution in [0.2, 0.25) is 0 Å². The number of anilines is 1. The molecule has 0 aromatic heterocycles. The summed E-state index contributed by atoms with van der Waals surface area (Å²) in [7, 11) is -2.64. The van der Waals surface area contributed by atoms with Crippen molar-refractivity contribution < 1.29 is 22.7 Å². The van der Waals surface area contributed by atoms with Gasteiger partial charge in [0, 0.05) is 23.5 Å². The van der Waals surface area contributed by atoms with Crippen molar-refractivity contribution in [3.8, 4) is 5.75 Å². The Morgan fingerprint density at radius 1 is 0.851 bits per heavy atom. The van der Waals surface area contributed by atoms with E-state index >= 15 is 0 Å². The monoisotopic (exact) mass is 717 g/mol. The Morgan fingerprint density at radius 3 is 2.13 bits per heavy atom. The highest BCUT2D eigenvalue weighted by Gasteiger charge is 2.35. The van der Waals surface area contributed by atoms with Crippen molar-refractivity contribution in [1.82, 2.24) is 10.2 Å². The number of nitrogens with zero attached hydrogens (tertiary/aromatic N) is 2. The number of carbonyl (C=O) groups excluding carboxylic acids is 2. The number of methoxy groups -OCH3 is 1. The maximum atomic E-state index is 14.6. The van der Waals surface area contributed by atoms with Crippen LogP contribution in [0.25, 0.3) is 0 Å². The van der Waals surface area contributed by atoms with Crippen molar-refractivity contribution in [2.45, 2.75) is 62.0 Å². The zero-order chi connectivity index (χ0) is 33.2. The lowest BCUT2D eigenvalue weighted by Crippen LogP contribution is -2.55. The standard InChI is InChI=1S/C37H40BrN3O5S/c1-46-33-22-20-32(21-23-33)41(47(44,45)34-18-9-4-10-19-34)27-36(42)40(26-29-14-11-15-30(38)24-29)35(25-28-12-5-2-6-13-28)37(43)39-31-16-7-3-8-17-31/h2,4-6,9-15,18-24,31,35H,3,7-8,16-17,25-27H2,1H3,(H,39,43)/t35-/m1/s1. The molecule has 1 aliphatic rings. The number of amides is 2. The van der Waals surface area contributed by atoms with Gasteiger partial charge in [0.1, 0.15) is 18.3 Å². The molecule has 1 saturated carbocycles. The van der Waals surface area contributed by atoms with Gasteiger partial charge in [0.2, 0.25) is 11.8 Å². The molecule has 0 heterocycles. The molecular weight excluding hydrogens is 678 g/mol. The fraction of sp³-hybridized carbons (Fsp3) is 0.297. The topological polar surface area (TPSA) is 96.0 Å². The van der Waals surface area contributed by atoms with E-state index in [-0.39, 0.29) is 29.8 Å². The highest BCUT2D eigenvalue weighted by atomic mass is 79.9. The van der Waals surface area contributed by atoms with E-state index in [1.807, 2.05) is 54.6 Å². The molecule has 0 unspecified atom stereocenters. The predicted octanol–water partition coefficient (Wildman–Crippen LogP) is 6.74. The maximum Gasteiger partial charge on any atom is 0.264 e. The highest BCUT2D eigenvalue weighted by molar-refractivity contribution is 9.10. The SMILES string of the molecule is COc1ccc(N(CC(=O)N(Cc2cccc(Br)c2)[C@H](Cc2ccccc2)C(=O)NC2CCCCC2)S(=O)(=O)c2ccccc2)cc1. The van der Waals surface area contributed by atoms with Gasteiger partial charge >= 0.3 is 0 Å². The van der Waals surface area contributed by atoms with Gasteiger partial charge < -0.3 is 15.0 Å². The molecule has 1 atom stereocenters. The first-order valence-electron chi connectivity index (χ1n) is 15.8. The number of ether oxygens (including phenoxy) is 1. The molecule has 4 aromatic rings. The maximum absolute atomic E-state index is 14.6. The van der Waals surface area contributed by atoms with Gasteiger partial charge in [0.15, 0.2) is 0 Å². The minimum Gasteiger partial charge on any atom is -0.497 e. The second-order valence-electron chi connectivity index (χ2n) is 11.7. The van der Waals surface area contributed by atoms with Crippen molar-refractivity contribution in [2.24, 2.45) is 0 Å². The fourth-order valence-corrected chi connectivity index (χ4v) is 7.81. The second-order valence-corrected chi connectivity index (χ2v) is 14.5. The third kappa shape index (κ3) is 9.02. The third-order valence-corrected chi connectivity index (χ3v) is 10.7. The summed E-state index contributed by atoms with van der Waals surface area (Å²) < 4.78 is 35.5. The van der Waals surface area contributed by atoms with Crippen molar-refractivity contribution in [2.75, 3.05) is 18.0 Å². The average molecular weight is 719 g/mol. The number of benzene rings is 4. The summed E-state index contributed by atoms with van der Waals surface area (Å²) in [5.41, 5.74) is 2.00. The van der Waals surface area contributed by atoms with E-state index in [1.165, 1.54) is 24.1 Å². The molecule has 5 rings (SSSR count). The lowest BCUT2D eigenvalue weighted by Gasteiger charge is -2.35. The number of hydrogen-bond acceptors (Lipinski definition) is 5. The predicted molar refractivity (Wildman–Crippen MR) is 188 cm³/mol.